The van der Waals surface area contributed by atoms with Gasteiger partial charge in [-0.1, -0.05) is 24.3 Å². The fraction of sp³-hybridized carbons (Fsp3) is 0.333. The van der Waals surface area contributed by atoms with Crippen LogP contribution in [-0.4, -0.2) is 13.1 Å². The van der Waals surface area contributed by atoms with Gasteiger partial charge in [-0.05, 0) is 49.2 Å². The van der Waals surface area contributed by atoms with Crippen molar-refractivity contribution in [2.45, 2.75) is 20.8 Å². The van der Waals surface area contributed by atoms with Crippen molar-refractivity contribution < 1.29 is 0 Å². The summed E-state index contributed by atoms with van der Waals surface area (Å²) in [5, 5.41) is 2.70. The second-order valence-corrected chi connectivity index (χ2v) is 4.16. The van der Waals surface area contributed by atoms with E-state index in [2.05, 4.69) is 62.1 Å². The summed E-state index contributed by atoms with van der Waals surface area (Å²) in [6.07, 6.45) is 0. The molecule has 1 nitrogen and oxygen atoms in total. The van der Waals surface area contributed by atoms with Crippen molar-refractivity contribution >= 4 is 16.5 Å². The molecule has 0 heterocycles. The third-order valence-electron chi connectivity index (χ3n) is 3.18. The van der Waals surface area contributed by atoms with Crippen LogP contribution in [0.4, 0.5) is 5.69 Å². The zero-order valence-corrected chi connectivity index (χ0v) is 10.3. The fourth-order valence-corrected chi connectivity index (χ4v) is 2.25. The maximum atomic E-state index is 2.39. The Kier molecular flexibility index (Phi) is 3.14. The van der Waals surface area contributed by atoms with Crippen LogP contribution >= 0.6 is 0 Å². The fourth-order valence-electron chi connectivity index (χ4n) is 2.25. The van der Waals surface area contributed by atoms with Crippen LogP contribution in [0.3, 0.4) is 0 Å². The van der Waals surface area contributed by atoms with Crippen LogP contribution in [0.25, 0.3) is 10.8 Å². The molecule has 0 aromatic heterocycles. The Morgan fingerprint density at radius 1 is 1.00 bits per heavy atom. The van der Waals surface area contributed by atoms with Gasteiger partial charge in [0.25, 0.3) is 0 Å². The van der Waals surface area contributed by atoms with Gasteiger partial charge in [-0.2, -0.15) is 0 Å². The zero-order valence-electron chi connectivity index (χ0n) is 10.3. The third-order valence-corrected chi connectivity index (χ3v) is 3.18. The molecule has 0 aliphatic heterocycles. The highest BCUT2D eigenvalue weighted by atomic mass is 15.1. The molecule has 0 N–H and O–H groups in total. The van der Waals surface area contributed by atoms with Crippen LogP contribution in [-0.2, 0) is 0 Å². The van der Waals surface area contributed by atoms with Crippen molar-refractivity contribution in [2.24, 2.45) is 0 Å². The monoisotopic (exact) mass is 213 g/mol. The Balaban J connectivity index is 2.57. The molecule has 0 bridgehead atoms. The molecule has 2 aromatic rings. The minimum Gasteiger partial charge on any atom is -0.372 e. The van der Waals surface area contributed by atoms with Gasteiger partial charge >= 0.3 is 0 Å². The van der Waals surface area contributed by atoms with Gasteiger partial charge in [-0.15, -0.1) is 0 Å². The standard InChI is InChI=1S/C15H19N/c1-4-16(5-2)14-10-12(3)15-9-7-6-8-13(15)11-14/h6-11H,4-5H2,1-3H3. The summed E-state index contributed by atoms with van der Waals surface area (Å²) in [6, 6.07) is 13.2. The smallest absolute Gasteiger partial charge is 0.0375 e. The van der Waals surface area contributed by atoms with Crippen LogP contribution in [0.1, 0.15) is 19.4 Å². The number of aryl methyl sites for hydroxylation is 1. The molecule has 16 heavy (non-hydrogen) atoms. The van der Waals surface area contributed by atoms with Gasteiger partial charge in [0.05, 0.1) is 0 Å². The SMILES string of the molecule is CCN(CC)c1cc(C)c2ccccc2c1. The Morgan fingerprint density at radius 3 is 2.38 bits per heavy atom. The number of hydrogen-bond donors (Lipinski definition) is 0. The molecular formula is C15H19N. The largest absolute Gasteiger partial charge is 0.372 e. The van der Waals surface area contributed by atoms with Crippen LogP contribution in [0.15, 0.2) is 36.4 Å². The third kappa shape index (κ3) is 1.90. The molecule has 2 rings (SSSR count). The predicted molar refractivity (Wildman–Crippen MR) is 72.2 cm³/mol. The number of nitrogens with zero attached hydrogens (tertiary/aromatic N) is 1. The minimum atomic E-state index is 1.06. The number of rotatable bonds is 3. The maximum Gasteiger partial charge on any atom is 0.0375 e. The maximum absolute atomic E-state index is 2.39. The van der Waals surface area contributed by atoms with Crippen LogP contribution in [0.2, 0.25) is 0 Å². The predicted octanol–water partition coefficient (Wildman–Crippen LogP) is 3.99. The van der Waals surface area contributed by atoms with Gasteiger partial charge in [-0.3, -0.25) is 0 Å². The lowest BCUT2D eigenvalue weighted by molar-refractivity contribution is 0.866. The van der Waals surface area contributed by atoms with Gasteiger partial charge in [0.2, 0.25) is 0 Å². The molecule has 0 amide bonds. The van der Waals surface area contributed by atoms with E-state index in [4.69, 9.17) is 0 Å². The van der Waals surface area contributed by atoms with E-state index in [1.165, 1.54) is 22.0 Å². The van der Waals surface area contributed by atoms with E-state index in [1.807, 2.05) is 0 Å². The van der Waals surface area contributed by atoms with E-state index < -0.39 is 0 Å². The first-order chi connectivity index (χ1) is 7.76. The van der Waals surface area contributed by atoms with Crippen molar-refractivity contribution in [3.63, 3.8) is 0 Å². The van der Waals surface area contributed by atoms with Gasteiger partial charge < -0.3 is 4.90 Å². The minimum absolute atomic E-state index is 1.06. The summed E-state index contributed by atoms with van der Waals surface area (Å²) in [5.41, 5.74) is 2.70. The van der Waals surface area contributed by atoms with Gasteiger partial charge in [0, 0.05) is 18.8 Å². The lowest BCUT2D eigenvalue weighted by Crippen LogP contribution is -2.21. The molecule has 1 heteroatoms. The molecular weight excluding hydrogens is 194 g/mol. The van der Waals surface area contributed by atoms with Gasteiger partial charge in [-0.25, -0.2) is 0 Å². The summed E-state index contributed by atoms with van der Waals surface area (Å²) < 4.78 is 0. The van der Waals surface area contributed by atoms with Crippen molar-refractivity contribution in [3.8, 4) is 0 Å². The van der Waals surface area contributed by atoms with E-state index in [-0.39, 0.29) is 0 Å². The van der Waals surface area contributed by atoms with Crippen molar-refractivity contribution in [3.05, 3.63) is 42.0 Å². The first kappa shape index (κ1) is 11.0. The van der Waals surface area contributed by atoms with Crippen molar-refractivity contribution in [2.75, 3.05) is 18.0 Å². The number of hydrogen-bond acceptors (Lipinski definition) is 1. The summed E-state index contributed by atoms with van der Waals surface area (Å²) in [4.78, 5) is 2.39. The first-order valence-electron chi connectivity index (χ1n) is 6.00. The molecule has 0 aliphatic rings. The topological polar surface area (TPSA) is 3.24 Å². The Bertz CT molecular complexity index is 484. The molecule has 0 saturated carbocycles. The molecule has 0 aliphatic carbocycles. The average molecular weight is 213 g/mol. The number of fused-ring (bicyclic) bond motifs is 1. The summed E-state index contributed by atoms with van der Waals surface area (Å²) >= 11 is 0. The summed E-state index contributed by atoms with van der Waals surface area (Å²) in [5.74, 6) is 0. The highest BCUT2D eigenvalue weighted by molar-refractivity contribution is 5.88. The highest BCUT2D eigenvalue weighted by Gasteiger charge is 2.04. The molecule has 0 fully saturated rings. The second-order valence-electron chi connectivity index (χ2n) is 4.16. The Hall–Kier alpha value is -1.50. The van der Waals surface area contributed by atoms with Crippen LogP contribution in [0.5, 0.6) is 0 Å². The number of benzene rings is 2. The van der Waals surface area contributed by atoms with Crippen LogP contribution in [0, 0.1) is 6.92 Å². The molecule has 0 saturated heterocycles. The second kappa shape index (κ2) is 4.56. The Labute approximate surface area is 97.7 Å². The normalized spacial score (nSPS) is 10.7. The van der Waals surface area contributed by atoms with E-state index in [0.29, 0.717) is 0 Å². The molecule has 2 aromatic carbocycles. The first-order valence-corrected chi connectivity index (χ1v) is 6.00. The highest BCUT2D eigenvalue weighted by Crippen LogP contribution is 2.25. The molecule has 0 unspecified atom stereocenters. The summed E-state index contributed by atoms with van der Waals surface area (Å²) in [6.45, 7) is 8.72. The van der Waals surface area contributed by atoms with Crippen molar-refractivity contribution in [1.82, 2.24) is 0 Å². The Morgan fingerprint density at radius 2 is 1.69 bits per heavy atom. The van der Waals surface area contributed by atoms with Crippen LogP contribution < -0.4 is 4.90 Å². The molecule has 84 valence electrons. The van der Waals surface area contributed by atoms with E-state index in [0.717, 1.165) is 13.1 Å². The van der Waals surface area contributed by atoms with Gasteiger partial charge in [0.15, 0.2) is 0 Å². The van der Waals surface area contributed by atoms with E-state index >= 15 is 0 Å². The average Bonchev–Trinajstić information content (AvgIpc) is 2.31. The lowest BCUT2D eigenvalue weighted by Gasteiger charge is -2.22. The summed E-state index contributed by atoms with van der Waals surface area (Å²) in [7, 11) is 0. The van der Waals surface area contributed by atoms with E-state index in [9.17, 15) is 0 Å². The number of anilines is 1. The van der Waals surface area contributed by atoms with Gasteiger partial charge in [0.1, 0.15) is 0 Å². The molecule has 0 radical (unpaired) electrons. The quantitative estimate of drug-likeness (QED) is 0.745. The van der Waals surface area contributed by atoms with E-state index in [1.54, 1.807) is 0 Å². The molecule has 0 atom stereocenters. The zero-order chi connectivity index (χ0) is 11.5. The van der Waals surface area contributed by atoms with Crippen molar-refractivity contribution in [1.29, 1.82) is 0 Å². The molecule has 0 spiro atoms. The lowest BCUT2D eigenvalue weighted by atomic mass is 10.0.